The van der Waals surface area contributed by atoms with Crippen molar-refractivity contribution in [2.45, 2.75) is 0 Å². The Bertz CT molecular complexity index is 471. The minimum Gasteiger partial charge on any atom is -0.458 e. The van der Waals surface area contributed by atoms with Gasteiger partial charge in [-0.25, -0.2) is 4.39 Å². The van der Waals surface area contributed by atoms with Crippen molar-refractivity contribution in [1.82, 2.24) is 0 Å². The molecule has 74 valence electrons. The molecule has 0 aliphatic heterocycles. The monoisotopic (exact) mass is 200 g/mol. The van der Waals surface area contributed by atoms with Crippen LogP contribution in [0.1, 0.15) is 0 Å². The summed E-state index contributed by atoms with van der Waals surface area (Å²) in [6.45, 7) is 0. The number of benzene rings is 2. The van der Waals surface area contributed by atoms with E-state index in [-0.39, 0.29) is 5.82 Å². The highest BCUT2D eigenvalue weighted by Crippen LogP contribution is 2.19. The van der Waals surface area contributed by atoms with E-state index in [4.69, 9.17) is 4.74 Å². The van der Waals surface area contributed by atoms with Crippen molar-refractivity contribution in [2.75, 3.05) is 0 Å². The van der Waals surface area contributed by atoms with Gasteiger partial charge in [0.2, 0.25) is 0 Å². The standard InChI is InChI=1S/C12H10BFO/c13-11-6-1-2-7-12(11)15-10-5-3-4-9(14)8-10/h1-8H,13H2. The lowest BCUT2D eigenvalue weighted by atomic mass is 9.95. The second-order valence-electron chi connectivity index (χ2n) is 3.32. The molecule has 1 nitrogen and oxygen atoms in total. The summed E-state index contributed by atoms with van der Waals surface area (Å²) in [7, 11) is 1.95. The van der Waals surface area contributed by atoms with Crippen molar-refractivity contribution < 1.29 is 9.13 Å². The van der Waals surface area contributed by atoms with Crippen molar-refractivity contribution in [3.8, 4) is 11.5 Å². The van der Waals surface area contributed by atoms with Gasteiger partial charge in [0.25, 0.3) is 0 Å². The second kappa shape index (κ2) is 4.17. The summed E-state index contributed by atoms with van der Waals surface area (Å²) in [6, 6.07) is 13.8. The maximum Gasteiger partial charge on any atom is 0.144 e. The molecule has 0 unspecified atom stereocenters. The van der Waals surface area contributed by atoms with E-state index in [1.54, 1.807) is 12.1 Å². The van der Waals surface area contributed by atoms with E-state index in [0.29, 0.717) is 5.75 Å². The highest BCUT2D eigenvalue weighted by atomic mass is 19.1. The van der Waals surface area contributed by atoms with Gasteiger partial charge >= 0.3 is 0 Å². The van der Waals surface area contributed by atoms with Crippen molar-refractivity contribution in [2.24, 2.45) is 0 Å². The third-order valence-electron chi connectivity index (χ3n) is 2.12. The number of hydrogen-bond acceptors (Lipinski definition) is 1. The van der Waals surface area contributed by atoms with Crippen LogP contribution in [-0.2, 0) is 0 Å². The van der Waals surface area contributed by atoms with Gasteiger partial charge in [0, 0.05) is 6.07 Å². The summed E-state index contributed by atoms with van der Waals surface area (Å²) in [5, 5.41) is 0. The van der Waals surface area contributed by atoms with Gasteiger partial charge in [-0.3, -0.25) is 0 Å². The highest BCUT2D eigenvalue weighted by molar-refractivity contribution is 6.34. The first-order chi connectivity index (χ1) is 7.25. The number of rotatable bonds is 2. The molecule has 0 bridgehead atoms. The van der Waals surface area contributed by atoms with E-state index in [1.165, 1.54) is 12.1 Å². The third kappa shape index (κ3) is 2.37. The molecule has 0 heterocycles. The van der Waals surface area contributed by atoms with Gasteiger partial charge in [0.15, 0.2) is 0 Å². The molecule has 0 aliphatic carbocycles. The zero-order valence-corrected chi connectivity index (χ0v) is 8.41. The summed E-state index contributed by atoms with van der Waals surface area (Å²) >= 11 is 0. The van der Waals surface area contributed by atoms with E-state index in [2.05, 4.69) is 0 Å². The second-order valence-corrected chi connectivity index (χ2v) is 3.32. The van der Waals surface area contributed by atoms with Gasteiger partial charge in [-0.05, 0) is 23.7 Å². The molecule has 15 heavy (non-hydrogen) atoms. The van der Waals surface area contributed by atoms with Gasteiger partial charge in [0.1, 0.15) is 25.2 Å². The van der Waals surface area contributed by atoms with Crippen LogP contribution in [-0.4, -0.2) is 7.85 Å². The topological polar surface area (TPSA) is 9.23 Å². The van der Waals surface area contributed by atoms with Gasteiger partial charge in [0.05, 0.1) is 0 Å². The fourth-order valence-electron chi connectivity index (χ4n) is 1.33. The fraction of sp³-hybridized carbons (Fsp3) is 0. The van der Waals surface area contributed by atoms with Crippen molar-refractivity contribution in [3.63, 3.8) is 0 Å². The maximum atomic E-state index is 12.9. The van der Waals surface area contributed by atoms with Crippen molar-refractivity contribution in [3.05, 3.63) is 54.3 Å². The smallest absolute Gasteiger partial charge is 0.144 e. The molecular weight excluding hydrogens is 190 g/mol. The summed E-state index contributed by atoms with van der Waals surface area (Å²) in [5.74, 6) is 0.980. The summed E-state index contributed by atoms with van der Waals surface area (Å²) in [4.78, 5) is 0. The van der Waals surface area contributed by atoms with Crippen LogP contribution >= 0.6 is 0 Å². The van der Waals surface area contributed by atoms with Crippen LogP contribution in [0.25, 0.3) is 0 Å². The van der Waals surface area contributed by atoms with Gasteiger partial charge in [-0.1, -0.05) is 24.3 Å². The Morgan fingerprint density at radius 2 is 1.80 bits per heavy atom. The van der Waals surface area contributed by atoms with E-state index in [0.717, 1.165) is 11.2 Å². The third-order valence-corrected chi connectivity index (χ3v) is 2.12. The Morgan fingerprint density at radius 1 is 1.00 bits per heavy atom. The quantitative estimate of drug-likeness (QED) is 0.672. The SMILES string of the molecule is Bc1ccccc1Oc1cccc(F)c1. The lowest BCUT2D eigenvalue weighted by molar-refractivity contribution is 0.480. The lowest BCUT2D eigenvalue weighted by Crippen LogP contribution is -2.05. The normalized spacial score (nSPS) is 9.93. The minimum absolute atomic E-state index is 0.291. The molecule has 0 amide bonds. The van der Waals surface area contributed by atoms with Crippen LogP contribution in [0.3, 0.4) is 0 Å². The van der Waals surface area contributed by atoms with E-state index < -0.39 is 0 Å². The highest BCUT2D eigenvalue weighted by Gasteiger charge is 2.00. The van der Waals surface area contributed by atoms with Gasteiger partial charge < -0.3 is 4.74 Å². The van der Waals surface area contributed by atoms with Crippen LogP contribution in [0, 0.1) is 5.82 Å². The number of para-hydroxylation sites is 1. The largest absolute Gasteiger partial charge is 0.458 e. The van der Waals surface area contributed by atoms with E-state index in [9.17, 15) is 4.39 Å². The number of hydrogen-bond donors (Lipinski definition) is 0. The molecule has 2 aromatic carbocycles. The average molecular weight is 200 g/mol. The van der Waals surface area contributed by atoms with Crippen molar-refractivity contribution in [1.29, 1.82) is 0 Å². The summed E-state index contributed by atoms with van der Waals surface area (Å²) in [5.41, 5.74) is 1.03. The Kier molecular flexibility index (Phi) is 2.72. The average Bonchev–Trinajstić information content (AvgIpc) is 2.22. The lowest BCUT2D eigenvalue weighted by Gasteiger charge is -2.08. The summed E-state index contributed by atoms with van der Waals surface area (Å²) < 4.78 is 18.4. The molecule has 2 rings (SSSR count). The molecule has 0 saturated carbocycles. The molecule has 2 aromatic rings. The Hall–Kier alpha value is -1.77. The Morgan fingerprint density at radius 3 is 2.53 bits per heavy atom. The van der Waals surface area contributed by atoms with Gasteiger partial charge in [-0.2, -0.15) is 0 Å². The molecule has 0 radical (unpaired) electrons. The number of halogens is 1. The van der Waals surface area contributed by atoms with E-state index >= 15 is 0 Å². The predicted molar refractivity (Wildman–Crippen MR) is 61.1 cm³/mol. The van der Waals surface area contributed by atoms with Crippen LogP contribution in [0.5, 0.6) is 11.5 Å². The molecule has 0 aliphatic rings. The Labute approximate surface area is 88.9 Å². The van der Waals surface area contributed by atoms with Crippen LogP contribution in [0.15, 0.2) is 48.5 Å². The fourth-order valence-corrected chi connectivity index (χ4v) is 1.33. The molecule has 0 atom stereocenters. The zero-order valence-electron chi connectivity index (χ0n) is 8.41. The predicted octanol–water partition coefficient (Wildman–Crippen LogP) is 1.88. The molecule has 0 saturated heterocycles. The Balaban J connectivity index is 2.26. The zero-order chi connectivity index (χ0) is 10.7. The number of ether oxygens (including phenoxy) is 1. The van der Waals surface area contributed by atoms with Crippen LogP contribution in [0.4, 0.5) is 4.39 Å². The van der Waals surface area contributed by atoms with Crippen LogP contribution in [0.2, 0.25) is 0 Å². The molecule has 0 fully saturated rings. The molecular formula is C12H10BFO. The molecule has 0 aromatic heterocycles. The minimum atomic E-state index is -0.291. The van der Waals surface area contributed by atoms with Crippen LogP contribution < -0.4 is 10.2 Å². The first kappa shape index (κ1) is 9.78. The van der Waals surface area contributed by atoms with Gasteiger partial charge in [-0.15, -0.1) is 0 Å². The summed E-state index contributed by atoms with van der Waals surface area (Å²) in [6.07, 6.45) is 0. The molecule has 0 N–H and O–H groups in total. The van der Waals surface area contributed by atoms with Crippen molar-refractivity contribution >= 4 is 13.3 Å². The first-order valence-electron chi connectivity index (χ1n) is 4.75. The first-order valence-corrected chi connectivity index (χ1v) is 4.75. The molecule has 0 spiro atoms. The molecule has 3 heteroatoms. The van der Waals surface area contributed by atoms with E-state index in [1.807, 2.05) is 32.1 Å². The maximum absolute atomic E-state index is 12.9.